The minimum absolute atomic E-state index is 0.0117. The molecule has 1 aliphatic heterocycles. The lowest BCUT2D eigenvalue weighted by atomic mass is 9.73. The fourth-order valence-corrected chi connectivity index (χ4v) is 3.91. The van der Waals surface area contributed by atoms with Crippen molar-refractivity contribution in [1.82, 2.24) is 0 Å². The van der Waals surface area contributed by atoms with Crippen LogP contribution in [0.15, 0.2) is 48.1 Å². The SMILES string of the molecule is C=C(C)C1=C(c2ccccc2)C[C@@H](O)[C@H]1CB1OC(C)(C)C(C)(C)O1. The van der Waals surface area contributed by atoms with Crippen molar-refractivity contribution in [3.05, 3.63) is 53.6 Å². The molecule has 2 aliphatic rings. The first kappa shape index (κ1) is 18.4. The Hall–Kier alpha value is -1.36. The van der Waals surface area contributed by atoms with Crippen molar-refractivity contribution >= 4 is 12.7 Å². The van der Waals surface area contributed by atoms with Crippen molar-refractivity contribution in [2.24, 2.45) is 5.92 Å². The quantitative estimate of drug-likeness (QED) is 0.821. The Kier molecular flexibility index (Phi) is 4.74. The van der Waals surface area contributed by atoms with Crippen LogP contribution in [0.5, 0.6) is 0 Å². The van der Waals surface area contributed by atoms with Crippen LogP contribution in [0.2, 0.25) is 6.32 Å². The van der Waals surface area contributed by atoms with Crippen LogP contribution in [0.4, 0.5) is 0 Å². The van der Waals surface area contributed by atoms with Crippen LogP contribution in [-0.4, -0.2) is 29.5 Å². The summed E-state index contributed by atoms with van der Waals surface area (Å²) >= 11 is 0. The first-order valence-electron chi connectivity index (χ1n) is 9.10. The number of benzene rings is 1. The van der Waals surface area contributed by atoms with E-state index in [0.717, 1.165) is 16.7 Å². The summed E-state index contributed by atoms with van der Waals surface area (Å²) < 4.78 is 12.3. The average Bonchev–Trinajstić information content (AvgIpc) is 2.94. The number of hydrogen-bond donors (Lipinski definition) is 1. The Bertz CT molecular complexity index is 674. The van der Waals surface area contributed by atoms with E-state index in [1.807, 2.05) is 25.1 Å². The van der Waals surface area contributed by atoms with Gasteiger partial charge in [-0.1, -0.05) is 42.5 Å². The van der Waals surface area contributed by atoms with Gasteiger partial charge in [0.1, 0.15) is 0 Å². The number of allylic oxidation sites excluding steroid dienone is 1. The monoisotopic (exact) mass is 340 g/mol. The van der Waals surface area contributed by atoms with Gasteiger partial charge in [-0.15, -0.1) is 0 Å². The smallest absolute Gasteiger partial charge is 0.403 e. The van der Waals surface area contributed by atoms with Crippen molar-refractivity contribution in [3.8, 4) is 0 Å². The Morgan fingerprint density at radius 3 is 2.24 bits per heavy atom. The van der Waals surface area contributed by atoms with Gasteiger partial charge in [-0.05, 0) is 64.1 Å². The lowest BCUT2D eigenvalue weighted by Gasteiger charge is -2.32. The predicted molar refractivity (Wildman–Crippen MR) is 103 cm³/mol. The maximum atomic E-state index is 10.8. The Morgan fingerprint density at radius 1 is 1.16 bits per heavy atom. The highest BCUT2D eigenvalue weighted by atomic mass is 16.7. The molecule has 0 bridgehead atoms. The fraction of sp³-hybridized carbons (Fsp3) is 0.524. The maximum Gasteiger partial charge on any atom is 0.458 e. The molecule has 0 unspecified atom stereocenters. The largest absolute Gasteiger partial charge is 0.458 e. The van der Waals surface area contributed by atoms with Crippen molar-refractivity contribution in [2.75, 3.05) is 0 Å². The molecule has 2 atom stereocenters. The molecule has 3 nitrogen and oxygen atoms in total. The van der Waals surface area contributed by atoms with Gasteiger partial charge in [0, 0.05) is 5.92 Å². The van der Waals surface area contributed by atoms with E-state index in [2.05, 4.69) is 46.4 Å². The van der Waals surface area contributed by atoms with Crippen molar-refractivity contribution in [3.63, 3.8) is 0 Å². The zero-order valence-electron chi connectivity index (χ0n) is 16.0. The van der Waals surface area contributed by atoms with E-state index < -0.39 is 6.10 Å². The van der Waals surface area contributed by atoms with Crippen LogP contribution in [0.3, 0.4) is 0 Å². The Morgan fingerprint density at radius 2 is 1.72 bits per heavy atom. The third-order valence-corrected chi connectivity index (χ3v) is 5.90. The molecule has 1 fully saturated rings. The van der Waals surface area contributed by atoms with E-state index in [4.69, 9.17) is 9.31 Å². The van der Waals surface area contributed by atoms with Gasteiger partial charge in [-0.2, -0.15) is 0 Å². The molecule has 3 rings (SSSR count). The molecule has 0 aromatic heterocycles. The molecule has 4 heteroatoms. The molecule has 1 heterocycles. The third-order valence-electron chi connectivity index (χ3n) is 5.90. The molecule has 0 amide bonds. The summed E-state index contributed by atoms with van der Waals surface area (Å²) in [5.74, 6) is -0.0117. The molecule has 1 N–H and O–H groups in total. The van der Waals surface area contributed by atoms with E-state index in [0.29, 0.717) is 12.7 Å². The number of rotatable bonds is 4. The Balaban J connectivity index is 1.88. The van der Waals surface area contributed by atoms with Crippen LogP contribution >= 0.6 is 0 Å². The van der Waals surface area contributed by atoms with Crippen LogP contribution < -0.4 is 0 Å². The van der Waals surface area contributed by atoms with Crippen molar-refractivity contribution in [2.45, 2.75) is 64.7 Å². The van der Waals surface area contributed by atoms with Crippen LogP contribution in [0, 0.1) is 5.92 Å². The van der Waals surface area contributed by atoms with Crippen LogP contribution in [0.25, 0.3) is 5.57 Å². The van der Waals surface area contributed by atoms with E-state index in [1.54, 1.807) is 0 Å². The second-order valence-corrected chi connectivity index (χ2v) is 8.34. The molecular formula is C21H29BO3. The molecule has 0 saturated carbocycles. The Labute approximate surface area is 151 Å². The summed E-state index contributed by atoms with van der Waals surface area (Å²) in [4.78, 5) is 0. The molecule has 1 saturated heterocycles. The summed E-state index contributed by atoms with van der Waals surface area (Å²) in [6.45, 7) is 14.4. The topological polar surface area (TPSA) is 38.7 Å². The zero-order chi connectivity index (χ0) is 18.4. The highest BCUT2D eigenvalue weighted by Gasteiger charge is 2.52. The van der Waals surface area contributed by atoms with Gasteiger partial charge >= 0.3 is 7.12 Å². The molecule has 1 aliphatic carbocycles. The number of aliphatic hydroxyl groups is 1. The lowest BCUT2D eigenvalue weighted by molar-refractivity contribution is 0.00578. The van der Waals surface area contributed by atoms with Crippen LogP contribution in [0.1, 0.15) is 46.6 Å². The highest BCUT2D eigenvalue weighted by Crippen LogP contribution is 2.46. The fourth-order valence-electron chi connectivity index (χ4n) is 3.91. The molecule has 1 aromatic carbocycles. The standard InChI is InChI=1S/C21H29BO3/c1-14(2)19-16(15-10-8-7-9-11-15)12-18(23)17(19)13-22-24-20(3,4)21(5,6)25-22/h7-11,17-18,23H,1,12-13H2,2-6H3/t17-,18-/m1/s1. The third kappa shape index (κ3) is 3.35. The molecule has 25 heavy (non-hydrogen) atoms. The lowest BCUT2D eigenvalue weighted by Crippen LogP contribution is -2.41. The van der Waals surface area contributed by atoms with Gasteiger partial charge < -0.3 is 14.4 Å². The summed E-state index contributed by atoms with van der Waals surface area (Å²) in [6.07, 6.45) is 0.865. The predicted octanol–water partition coefficient (Wildman–Crippen LogP) is 4.49. The minimum Gasteiger partial charge on any atom is -0.403 e. The second kappa shape index (κ2) is 6.42. The zero-order valence-corrected chi connectivity index (χ0v) is 16.0. The van der Waals surface area contributed by atoms with Gasteiger partial charge in [0.2, 0.25) is 0 Å². The van der Waals surface area contributed by atoms with Gasteiger partial charge in [-0.3, -0.25) is 0 Å². The molecule has 0 spiro atoms. The van der Waals surface area contributed by atoms with Crippen molar-refractivity contribution < 1.29 is 14.4 Å². The van der Waals surface area contributed by atoms with Gasteiger partial charge in [0.15, 0.2) is 0 Å². The first-order valence-corrected chi connectivity index (χ1v) is 9.10. The van der Waals surface area contributed by atoms with Gasteiger partial charge in [0.05, 0.1) is 17.3 Å². The van der Waals surface area contributed by atoms with Gasteiger partial charge in [0.25, 0.3) is 0 Å². The van der Waals surface area contributed by atoms with Gasteiger partial charge in [-0.25, -0.2) is 0 Å². The van der Waals surface area contributed by atoms with E-state index in [9.17, 15) is 5.11 Å². The minimum atomic E-state index is -0.430. The normalized spacial score (nSPS) is 27.8. The molecule has 0 radical (unpaired) electrons. The second-order valence-electron chi connectivity index (χ2n) is 8.34. The van der Waals surface area contributed by atoms with Crippen molar-refractivity contribution in [1.29, 1.82) is 0 Å². The molecular weight excluding hydrogens is 311 g/mol. The van der Waals surface area contributed by atoms with Crippen LogP contribution in [-0.2, 0) is 9.31 Å². The average molecular weight is 340 g/mol. The van der Waals surface area contributed by atoms with E-state index in [1.165, 1.54) is 5.57 Å². The maximum absolute atomic E-state index is 10.8. The summed E-state index contributed by atoms with van der Waals surface area (Å²) in [5.41, 5.74) is 3.83. The molecule has 134 valence electrons. The van der Waals surface area contributed by atoms with E-state index in [-0.39, 0.29) is 24.2 Å². The highest BCUT2D eigenvalue weighted by molar-refractivity contribution is 6.45. The number of aliphatic hydroxyl groups excluding tert-OH is 1. The summed E-state index contributed by atoms with van der Waals surface area (Å²) in [5, 5.41) is 10.8. The number of hydrogen-bond acceptors (Lipinski definition) is 3. The first-order chi connectivity index (χ1) is 11.6. The summed E-state index contributed by atoms with van der Waals surface area (Å²) in [7, 11) is -0.311. The molecule has 1 aromatic rings. The summed E-state index contributed by atoms with van der Waals surface area (Å²) in [6, 6.07) is 10.3. The van der Waals surface area contributed by atoms with E-state index >= 15 is 0 Å².